The first kappa shape index (κ1) is 18.5. The minimum Gasteiger partial charge on any atom is -0.496 e. The fraction of sp³-hybridized carbons (Fsp3) is 0.882. The van der Waals surface area contributed by atoms with E-state index in [0.717, 1.165) is 13.0 Å². The first-order chi connectivity index (χ1) is 9.22. The average molecular weight is 270 g/mol. The fourth-order valence-corrected chi connectivity index (χ4v) is 2.22. The Balaban J connectivity index is 3.19. The van der Waals surface area contributed by atoms with Crippen LogP contribution in [0.3, 0.4) is 0 Å². The van der Waals surface area contributed by atoms with E-state index in [1.54, 1.807) is 6.92 Å². The van der Waals surface area contributed by atoms with Gasteiger partial charge in [-0.05, 0) is 26.3 Å². The monoisotopic (exact) mass is 270 g/mol. The van der Waals surface area contributed by atoms with Crippen molar-refractivity contribution in [2.24, 2.45) is 0 Å². The largest absolute Gasteiger partial charge is 0.496 e. The highest BCUT2D eigenvalue weighted by Gasteiger charge is 2.03. The van der Waals surface area contributed by atoms with Crippen molar-refractivity contribution in [1.82, 2.24) is 0 Å². The molecule has 0 saturated carbocycles. The van der Waals surface area contributed by atoms with Crippen LogP contribution < -0.4 is 0 Å². The second-order valence-corrected chi connectivity index (χ2v) is 5.40. The third-order valence-electron chi connectivity index (χ3n) is 3.46. The number of hydrogen-bond acceptors (Lipinski definition) is 2. The van der Waals surface area contributed by atoms with Gasteiger partial charge < -0.3 is 9.84 Å². The highest BCUT2D eigenvalue weighted by molar-refractivity contribution is 4.95. The number of ether oxygens (including phenoxy) is 1. The molecule has 0 aromatic carbocycles. The number of hydrogen-bond donors (Lipinski definition) is 1. The number of allylic oxidation sites excluding steroid dienone is 1. The molecule has 19 heavy (non-hydrogen) atoms. The van der Waals surface area contributed by atoms with Crippen LogP contribution in [0.1, 0.15) is 85.0 Å². The van der Waals surface area contributed by atoms with Crippen LogP contribution in [0.4, 0.5) is 0 Å². The Kier molecular flexibility index (Phi) is 13.6. The molecule has 0 aliphatic carbocycles. The standard InChI is InChI=1S/C17H34O2/c1-4-6-7-8-9-10-11-12-13-14-15-19-17(5-2)16(3)18/h5,16,18H,4,6-15H2,1-3H3. The molecule has 0 bridgehead atoms. The molecule has 0 amide bonds. The Bertz CT molecular complexity index is 209. The van der Waals surface area contributed by atoms with E-state index in [9.17, 15) is 5.11 Å². The van der Waals surface area contributed by atoms with E-state index in [0.29, 0.717) is 5.76 Å². The first-order valence-corrected chi connectivity index (χ1v) is 8.19. The zero-order valence-electron chi connectivity index (χ0n) is 13.3. The number of rotatable bonds is 13. The SMILES string of the molecule is CC=C(OCCCCCCCCCCCC)C(C)O. The lowest BCUT2D eigenvalue weighted by molar-refractivity contribution is 0.109. The van der Waals surface area contributed by atoms with E-state index in [-0.39, 0.29) is 0 Å². The lowest BCUT2D eigenvalue weighted by atomic mass is 10.1. The predicted molar refractivity (Wildman–Crippen MR) is 83.2 cm³/mol. The summed E-state index contributed by atoms with van der Waals surface area (Å²) in [5.41, 5.74) is 0. The molecular formula is C17H34O2. The van der Waals surface area contributed by atoms with Crippen LogP contribution in [-0.2, 0) is 4.74 Å². The molecule has 0 saturated heterocycles. The quantitative estimate of drug-likeness (QED) is 0.368. The summed E-state index contributed by atoms with van der Waals surface area (Å²) in [6, 6.07) is 0. The topological polar surface area (TPSA) is 29.5 Å². The van der Waals surface area contributed by atoms with E-state index in [1.807, 2.05) is 13.0 Å². The van der Waals surface area contributed by atoms with Crippen molar-refractivity contribution >= 4 is 0 Å². The molecule has 0 fully saturated rings. The van der Waals surface area contributed by atoms with E-state index < -0.39 is 6.10 Å². The van der Waals surface area contributed by atoms with Crippen molar-refractivity contribution in [2.75, 3.05) is 6.61 Å². The number of aliphatic hydroxyl groups is 1. The van der Waals surface area contributed by atoms with Crippen LogP contribution in [0, 0.1) is 0 Å². The molecule has 114 valence electrons. The van der Waals surface area contributed by atoms with Crippen LogP contribution in [0.25, 0.3) is 0 Å². The van der Waals surface area contributed by atoms with Crippen molar-refractivity contribution in [3.8, 4) is 0 Å². The Morgan fingerprint density at radius 1 is 0.947 bits per heavy atom. The van der Waals surface area contributed by atoms with Gasteiger partial charge in [0.25, 0.3) is 0 Å². The van der Waals surface area contributed by atoms with Gasteiger partial charge in [-0.1, -0.05) is 64.7 Å². The molecule has 1 atom stereocenters. The van der Waals surface area contributed by atoms with Gasteiger partial charge in [0.1, 0.15) is 11.9 Å². The maximum atomic E-state index is 9.38. The van der Waals surface area contributed by atoms with Gasteiger partial charge >= 0.3 is 0 Å². The smallest absolute Gasteiger partial charge is 0.120 e. The van der Waals surface area contributed by atoms with Gasteiger partial charge in [-0.2, -0.15) is 0 Å². The predicted octanol–water partition coefficient (Wildman–Crippen LogP) is 5.21. The second kappa shape index (κ2) is 13.9. The summed E-state index contributed by atoms with van der Waals surface area (Å²) in [7, 11) is 0. The van der Waals surface area contributed by atoms with Gasteiger partial charge in [0.05, 0.1) is 6.61 Å². The Labute approximate surface area is 120 Å². The van der Waals surface area contributed by atoms with Crippen LogP contribution in [0.5, 0.6) is 0 Å². The van der Waals surface area contributed by atoms with Crippen LogP contribution in [0.15, 0.2) is 11.8 Å². The minimum atomic E-state index is -0.479. The van der Waals surface area contributed by atoms with Gasteiger partial charge in [-0.25, -0.2) is 0 Å². The summed E-state index contributed by atoms with van der Waals surface area (Å²) in [5.74, 6) is 0.705. The van der Waals surface area contributed by atoms with Crippen molar-refractivity contribution in [3.63, 3.8) is 0 Å². The lowest BCUT2D eigenvalue weighted by Gasteiger charge is -2.12. The van der Waals surface area contributed by atoms with Gasteiger partial charge in [-0.3, -0.25) is 0 Å². The summed E-state index contributed by atoms with van der Waals surface area (Å²) in [6.07, 6.45) is 14.7. The summed E-state index contributed by atoms with van der Waals surface area (Å²) in [5, 5.41) is 9.38. The van der Waals surface area contributed by atoms with Gasteiger partial charge in [-0.15, -0.1) is 0 Å². The molecule has 0 radical (unpaired) electrons. The van der Waals surface area contributed by atoms with E-state index in [4.69, 9.17) is 4.74 Å². The Morgan fingerprint density at radius 2 is 1.42 bits per heavy atom. The zero-order valence-corrected chi connectivity index (χ0v) is 13.3. The van der Waals surface area contributed by atoms with Crippen LogP contribution in [0.2, 0.25) is 0 Å². The molecule has 0 spiro atoms. The third kappa shape index (κ3) is 12.3. The molecule has 0 aromatic rings. The highest BCUT2D eigenvalue weighted by Crippen LogP contribution is 2.11. The van der Waals surface area contributed by atoms with Crippen LogP contribution in [-0.4, -0.2) is 17.8 Å². The zero-order chi connectivity index (χ0) is 14.3. The van der Waals surface area contributed by atoms with Crippen molar-refractivity contribution in [1.29, 1.82) is 0 Å². The number of aliphatic hydroxyl groups excluding tert-OH is 1. The molecule has 0 aromatic heterocycles. The average Bonchev–Trinajstić information content (AvgIpc) is 2.40. The fourth-order valence-electron chi connectivity index (χ4n) is 2.22. The molecule has 1 unspecified atom stereocenters. The highest BCUT2D eigenvalue weighted by atomic mass is 16.5. The Morgan fingerprint density at radius 3 is 1.84 bits per heavy atom. The van der Waals surface area contributed by atoms with Crippen molar-refractivity contribution in [3.05, 3.63) is 11.8 Å². The second-order valence-electron chi connectivity index (χ2n) is 5.40. The molecule has 2 heteroatoms. The summed E-state index contributed by atoms with van der Waals surface area (Å²) >= 11 is 0. The summed E-state index contributed by atoms with van der Waals surface area (Å²) in [6.45, 7) is 6.65. The summed E-state index contributed by atoms with van der Waals surface area (Å²) in [4.78, 5) is 0. The van der Waals surface area contributed by atoms with E-state index in [2.05, 4.69) is 6.92 Å². The van der Waals surface area contributed by atoms with E-state index in [1.165, 1.54) is 57.8 Å². The van der Waals surface area contributed by atoms with Crippen molar-refractivity contribution < 1.29 is 9.84 Å². The molecule has 1 N–H and O–H groups in total. The van der Waals surface area contributed by atoms with E-state index >= 15 is 0 Å². The molecule has 0 rings (SSSR count). The molecular weight excluding hydrogens is 236 g/mol. The van der Waals surface area contributed by atoms with Gasteiger partial charge in [0.15, 0.2) is 0 Å². The maximum absolute atomic E-state index is 9.38. The van der Waals surface area contributed by atoms with Crippen LogP contribution >= 0.6 is 0 Å². The summed E-state index contributed by atoms with van der Waals surface area (Å²) < 4.78 is 5.54. The lowest BCUT2D eigenvalue weighted by Crippen LogP contribution is -2.08. The molecule has 0 aliphatic rings. The van der Waals surface area contributed by atoms with Gasteiger partial charge in [0.2, 0.25) is 0 Å². The third-order valence-corrected chi connectivity index (χ3v) is 3.46. The minimum absolute atomic E-state index is 0.479. The molecule has 2 nitrogen and oxygen atoms in total. The first-order valence-electron chi connectivity index (χ1n) is 8.19. The normalized spacial score (nSPS) is 13.6. The number of unbranched alkanes of at least 4 members (excludes halogenated alkanes) is 9. The molecule has 0 aliphatic heterocycles. The maximum Gasteiger partial charge on any atom is 0.120 e. The van der Waals surface area contributed by atoms with Crippen molar-refractivity contribution in [2.45, 2.75) is 91.1 Å². The molecule has 0 heterocycles. The Hall–Kier alpha value is -0.500. The van der Waals surface area contributed by atoms with Gasteiger partial charge in [0, 0.05) is 0 Å².